The van der Waals surface area contributed by atoms with E-state index in [0.717, 1.165) is 17.7 Å². The molecule has 1 unspecified atom stereocenters. The number of benzene rings is 2. The lowest BCUT2D eigenvalue weighted by molar-refractivity contribution is 0.395. The summed E-state index contributed by atoms with van der Waals surface area (Å²) < 4.78 is 26.3. The Bertz CT molecular complexity index is 505. The second-order valence-corrected chi connectivity index (χ2v) is 3.72. The van der Waals surface area contributed by atoms with E-state index in [2.05, 4.69) is 0 Å². The van der Waals surface area contributed by atoms with Crippen LogP contribution in [0.15, 0.2) is 42.5 Å². The number of hydrogen-bond donors (Lipinski definition) is 2. The molecule has 0 fully saturated rings. The van der Waals surface area contributed by atoms with E-state index in [1.807, 2.05) is 6.07 Å². The predicted molar refractivity (Wildman–Crippen MR) is 60.5 cm³/mol. The smallest absolute Gasteiger partial charge is 0.187 e. The van der Waals surface area contributed by atoms with Gasteiger partial charge in [-0.3, -0.25) is 0 Å². The van der Waals surface area contributed by atoms with Crippen molar-refractivity contribution in [3.63, 3.8) is 0 Å². The largest absolute Gasteiger partial charge is 0.503 e. The third-order valence-corrected chi connectivity index (χ3v) is 2.56. The molecule has 4 heteroatoms. The Balaban J connectivity index is 2.41. The number of phenols is 1. The maximum atomic E-state index is 13.2. The molecule has 0 heterocycles. The fourth-order valence-electron chi connectivity index (χ4n) is 1.62. The highest BCUT2D eigenvalue weighted by atomic mass is 19.1. The maximum Gasteiger partial charge on any atom is 0.187 e. The molecule has 17 heavy (non-hydrogen) atoms. The third-order valence-electron chi connectivity index (χ3n) is 2.56. The first-order valence-electron chi connectivity index (χ1n) is 5.08. The van der Waals surface area contributed by atoms with E-state index in [4.69, 9.17) is 10.8 Å². The average molecular weight is 235 g/mol. The number of hydrogen-bond acceptors (Lipinski definition) is 2. The first kappa shape index (κ1) is 11.5. The lowest BCUT2D eigenvalue weighted by atomic mass is 9.99. The molecule has 1 atom stereocenters. The molecule has 3 N–H and O–H groups in total. The van der Waals surface area contributed by atoms with Gasteiger partial charge >= 0.3 is 0 Å². The van der Waals surface area contributed by atoms with Crippen molar-refractivity contribution in [1.82, 2.24) is 0 Å². The monoisotopic (exact) mass is 235 g/mol. The Hall–Kier alpha value is -1.94. The number of aromatic hydroxyl groups is 1. The summed E-state index contributed by atoms with van der Waals surface area (Å²) >= 11 is 0. The van der Waals surface area contributed by atoms with E-state index in [1.165, 1.54) is 0 Å². The molecule has 0 aliphatic heterocycles. The summed E-state index contributed by atoms with van der Waals surface area (Å²) in [6, 6.07) is 10.4. The first-order valence-corrected chi connectivity index (χ1v) is 5.08. The van der Waals surface area contributed by atoms with Gasteiger partial charge in [0.05, 0.1) is 6.04 Å². The van der Waals surface area contributed by atoms with Crippen LogP contribution in [0, 0.1) is 11.6 Å². The van der Waals surface area contributed by atoms with E-state index >= 15 is 0 Å². The van der Waals surface area contributed by atoms with Crippen LogP contribution in [-0.4, -0.2) is 5.11 Å². The van der Waals surface area contributed by atoms with Crippen molar-refractivity contribution in [2.45, 2.75) is 6.04 Å². The van der Waals surface area contributed by atoms with Crippen molar-refractivity contribution in [2.24, 2.45) is 5.73 Å². The SMILES string of the molecule is NC(c1ccccc1)c1cc(F)c(O)c(F)c1. The standard InChI is InChI=1S/C13H11F2NO/c14-10-6-9(7-11(15)13(10)17)12(16)8-4-2-1-3-5-8/h1-7,12,17H,16H2. The van der Waals surface area contributed by atoms with Gasteiger partial charge in [0.15, 0.2) is 17.4 Å². The normalized spacial score (nSPS) is 12.4. The van der Waals surface area contributed by atoms with E-state index in [9.17, 15) is 8.78 Å². The Morgan fingerprint density at radius 1 is 0.941 bits per heavy atom. The minimum absolute atomic E-state index is 0.281. The molecule has 0 aliphatic carbocycles. The van der Waals surface area contributed by atoms with Gasteiger partial charge in [0, 0.05) is 0 Å². The molecule has 0 spiro atoms. The molecular formula is C13H11F2NO. The van der Waals surface area contributed by atoms with E-state index in [-0.39, 0.29) is 5.56 Å². The van der Waals surface area contributed by atoms with Gasteiger partial charge in [-0.2, -0.15) is 0 Å². The number of nitrogens with two attached hydrogens (primary N) is 1. The number of rotatable bonds is 2. The van der Waals surface area contributed by atoms with Crippen LogP contribution in [0.3, 0.4) is 0 Å². The molecular weight excluding hydrogens is 224 g/mol. The summed E-state index contributed by atoms with van der Waals surface area (Å²) in [5, 5.41) is 8.99. The van der Waals surface area contributed by atoms with Crippen LogP contribution in [0.2, 0.25) is 0 Å². The minimum Gasteiger partial charge on any atom is -0.503 e. The Morgan fingerprint density at radius 3 is 2.00 bits per heavy atom. The van der Waals surface area contributed by atoms with Crippen LogP contribution in [-0.2, 0) is 0 Å². The molecule has 0 bridgehead atoms. The highest BCUT2D eigenvalue weighted by molar-refractivity contribution is 5.36. The van der Waals surface area contributed by atoms with Crippen LogP contribution >= 0.6 is 0 Å². The average Bonchev–Trinajstić information content (AvgIpc) is 2.35. The number of phenolic OH excluding ortho intramolecular Hbond substituents is 1. The van der Waals surface area contributed by atoms with E-state index in [0.29, 0.717) is 0 Å². The van der Waals surface area contributed by atoms with E-state index in [1.54, 1.807) is 24.3 Å². The summed E-state index contributed by atoms with van der Waals surface area (Å²) in [7, 11) is 0. The third kappa shape index (κ3) is 2.26. The quantitative estimate of drug-likeness (QED) is 0.840. The summed E-state index contributed by atoms with van der Waals surface area (Å²) in [6.45, 7) is 0. The molecule has 88 valence electrons. The van der Waals surface area contributed by atoms with Crippen molar-refractivity contribution in [3.05, 3.63) is 65.2 Å². The molecule has 2 nitrogen and oxygen atoms in total. The second kappa shape index (κ2) is 4.51. The second-order valence-electron chi connectivity index (χ2n) is 3.72. The van der Waals surface area contributed by atoms with Crippen molar-refractivity contribution < 1.29 is 13.9 Å². The fourth-order valence-corrected chi connectivity index (χ4v) is 1.62. The van der Waals surface area contributed by atoms with Gasteiger partial charge in [-0.1, -0.05) is 30.3 Å². The zero-order valence-electron chi connectivity index (χ0n) is 8.90. The molecule has 0 saturated carbocycles. The van der Waals surface area contributed by atoms with Gasteiger partial charge in [0.25, 0.3) is 0 Å². The van der Waals surface area contributed by atoms with Crippen LogP contribution in [0.4, 0.5) is 8.78 Å². The molecule has 2 aromatic carbocycles. The molecule has 0 saturated heterocycles. The molecule has 0 aliphatic rings. The molecule has 2 aromatic rings. The highest BCUT2D eigenvalue weighted by Crippen LogP contribution is 2.26. The van der Waals surface area contributed by atoms with Gasteiger partial charge in [-0.15, -0.1) is 0 Å². The minimum atomic E-state index is -1.01. The van der Waals surface area contributed by atoms with Crippen LogP contribution in [0.1, 0.15) is 17.2 Å². The van der Waals surface area contributed by atoms with Crippen molar-refractivity contribution >= 4 is 0 Å². The first-order chi connectivity index (χ1) is 8.09. The number of halogens is 2. The Morgan fingerprint density at radius 2 is 1.47 bits per heavy atom. The van der Waals surface area contributed by atoms with Crippen LogP contribution < -0.4 is 5.73 Å². The van der Waals surface area contributed by atoms with Crippen LogP contribution in [0.25, 0.3) is 0 Å². The van der Waals surface area contributed by atoms with E-state index < -0.39 is 23.4 Å². The van der Waals surface area contributed by atoms with Gasteiger partial charge in [0.2, 0.25) is 0 Å². The molecule has 2 rings (SSSR count). The van der Waals surface area contributed by atoms with Gasteiger partial charge in [-0.25, -0.2) is 8.78 Å². The highest BCUT2D eigenvalue weighted by Gasteiger charge is 2.15. The molecule has 0 aromatic heterocycles. The topological polar surface area (TPSA) is 46.2 Å². The summed E-state index contributed by atoms with van der Waals surface area (Å²) in [6.07, 6.45) is 0. The van der Waals surface area contributed by atoms with Crippen molar-refractivity contribution in [3.8, 4) is 5.75 Å². The summed E-state index contributed by atoms with van der Waals surface area (Å²) in [5.41, 5.74) is 6.92. The molecule has 0 radical (unpaired) electrons. The summed E-state index contributed by atoms with van der Waals surface area (Å²) in [4.78, 5) is 0. The zero-order chi connectivity index (χ0) is 12.4. The summed E-state index contributed by atoms with van der Waals surface area (Å²) in [5.74, 6) is -2.99. The van der Waals surface area contributed by atoms with Gasteiger partial charge in [-0.05, 0) is 23.3 Å². The van der Waals surface area contributed by atoms with Crippen LogP contribution in [0.5, 0.6) is 5.75 Å². The lowest BCUT2D eigenvalue weighted by Crippen LogP contribution is -2.12. The predicted octanol–water partition coefficient (Wildman–Crippen LogP) is 2.72. The fraction of sp³-hybridized carbons (Fsp3) is 0.0769. The molecule has 0 amide bonds. The van der Waals surface area contributed by atoms with Gasteiger partial charge < -0.3 is 10.8 Å². The zero-order valence-corrected chi connectivity index (χ0v) is 8.90. The van der Waals surface area contributed by atoms with Crippen molar-refractivity contribution in [2.75, 3.05) is 0 Å². The maximum absolute atomic E-state index is 13.2. The van der Waals surface area contributed by atoms with Gasteiger partial charge in [0.1, 0.15) is 0 Å². The van der Waals surface area contributed by atoms with Crippen molar-refractivity contribution in [1.29, 1.82) is 0 Å². The Labute approximate surface area is 97.3 Å². The lowest BCUT2D eigenvalue weighted by Gasteiger charge is -2.13. The Kier molecular flexibility index (Phi) is 3.06.